The van der Waals surface area contributed by atoms with Gasteiger partial charge in [0.05, 0.1) is 4.90 Å². The van der Waals surface area contributed by atoms with Gasteiger partial charge in [0.2, 0.25) is 10.0 Å². The zero-order chi connectivity index (χ0) is 15.5. The number of sulfonamides is 1. The molecular weight excluding hydrogens is 308 g/mol. The number of rotatable bonds is 5. The Balaban J connectivity index is 2.06. The molecule has 2 aromatic rings. The largest absolute Gasteiger partial charge is 0.399 e. The molecule has 0 aromatic heterocycles. The van der Waals surface area contributed by atoms with E-state index in [4.69, 9.17) is 17.3 Å². The minimum absolute atomic E-state index is 0.216. The SMILES string of the molecule is Cc1ccc(N)cc1S(=O)(=O)NCCc1cccc(Cl)c1. The third-order valence-electron chi connectivity index (χ3n) is 3.10. The van der Waals surface area contributed by atoms with Crippen LogP contribution in [0.5, 0.6) is 0 Å². The third-order valence-corrected chi connectivity index (χ3v) is 4.93. The molecule has 6 heteroatoms. The quantitative estimate of drug-likeness (QED) is 0.831. The van der Waals surface area contributed by atoms with Gasteiger partial charge in [-0.3, -0.25) is 0 Å². The van der Waals surface area contributed by atoms with Gasteiger partial charge in [0.1, 0.15) is 0 Å². The highest BCUT2D eigenvalue weighted by Gasteiger charge is 2.16. The second-order valence-electron chi connectivity index (χ2n) is 4.80. The number of aryl methyl sites for hydroxylation is 1. The number of anilines is 1. The highest BCUT2D eigenvalue weighted by molar-refractivity contribution is 7.89. The zero-order valence-corrected chi connectivity index (χ0v) is 13.2. The average Bonchev–Trinajstić information content (AvgIpc) is 2.41. The fraction of sp³-hybridized carbons (Fsp3) is 0.200. The summed E-state index contributed by atoms with van der Waals surface area (Å²) in [5, 5.41) is 0.641. The van der Waals surface area contributed by atoms with Crippen molar-refractivity contribution in [3.8, 4) is 0 Å². The van der Waals surface area contributed by atoms with E-state index in [1.165, 1.54) is 6.07 Å². The average molecular weight is 325 g/mol. The first-order valence-electron chi connectivity index (χ1n) is 6.49. The Hall–Kier alpha value is -1.56. The molecule has 2 aromatic carbocycles. The fourth-order valence-corrected chi connectivity index (χ4v) is 3.53. The minimum atomic E-state index is -3.56. The molecule has 4 nitrogen and oxygen atoms in total. The predicted molar refractivity (Wildman–Crippen MR) is 85.9 cm³/mol. The van der Waals surface area contributed by atoms with Crippen LogP contribution in [0.2, 0.25) is 5.02 Å². The molecule has 0 aliphatic carbocycles. The molecule has 0 fully saturated rings. The van der Waals surface area contributed by atoms with Gasteiger partial charge in [-0.25, -0.2) is 13.1 Å². The molecule has 2 rings (SSSR count). The van der Waals surface area contributed by atoms with Gasteiger partial charge in [0.25, 0.3) is 0 Å². The van der Waals surface area contributed by atoms with Crippen LogP contribution in [0, 0.1) is 6.92 Å². The second-order valence-corrected chi connectivity index (χ2v) is 6.97. The number of nitrogens with two attached hydrogens (primary N) is 1. The van der Waals surface area contributed by atoms with E-state index < -0.39 is 10.0 Å². The van der Waals surface area contributed by atoms with Gasteiger partial charge in [-0.1, -0.05) is 29.8 Å². The van der Waals surface area contributed by atoms with Crippen molar-refractivity contribution in [2.75, 3.05) is 12.3 Å². The Labute approximate surface area is 130 Å². The van der Waals surface area contributed by atoms with Crippen molar-refractivity contribution in [2.45, 2.75) is 18.2 Å². The van der Waals surface area contributed by atoms with Gasteiger partial charge in [0.15, 0.2) is 0 Å². The molecule has 0 amide bonds. The second kappa shape index (κ2) is 6.47. The van der Waals surface area contributed by atoms with Crippen molar-refractivity contribution in [1.29, 1.82) is 0 Å². The van der Waals surface area contributed by atoms with Crippen LogP contribution in [0.3, 0.4) is 0 Å². The number of halogens is 1. The van der Waals surface area contributed by atoms with Crippen LogP contribution in [-0.4, -0.2) is 15.0 Å². The molecule has 0 saturated carbocycles. The molecule has 0 atom stereocenters. The first-order valence-corrected chi connectivity index (χ1v) is 8.35. The molecule has 3 N–H and O–H groups in total. The van der Waals surface area contributed by atoms with Crippen molar-refractivity contribution in [1.82, 2.24) is 4.72 Å². The highest BCUT2D eigenvalue weighted by atomic mass is 35.5. The van der Waals surface area contributed by atoms with Crippen LogP contribution >= 0.6 is 11.6 Å². The number of nitrogens with one attached hydrogen (secondary N) is 1. The van der Waals surface area contributed by atoms with Gasteiger partial charge in [-0.05, 0) is 48.7 Å². The van der Waals surface area contributed by atoms with E-state index in [0.717, 1.165) is 5.56 Å². The molecule has 0 bridgehead atoms. The molecule has 0 radical (unpaired) electrons. The molecule has 0 saturated heterocycles. The standard InChI is InChI=1S/C15H17ClN2O2S/c1-11-5-6-14(17)10-15(11)21(19,20)18-8-7-12-3-2-4-13(16)9-12/h2-6,9-10,18H,7-8,17H2,1H3. The van der Waals surface area contributed by atoms with E-state index in [1.54, 1.807) is 25.1 Å². The van der Waals surface area contributed by atoms with E-state index in [2.05, 4.69) is 4.72 Å². The fourth-order valence-electron chi connectivity index (χ4n) is 2.01. The van der Waals surface area contributed by atoms with Crippen LogP contribution in [0.1, 0.15) is 11.1 Å². The maximum Gasteiger partial charge on any atom is 0.240 e. The summed E-state index contributed by atoms with van der Waals surface area (Å²) >= 11 is 5.90. The number of hydrogen-bond acceptors (Lipinski definition) is 3. The lowest BCUT2D eigenvalue weighted by atomic mass is 10.2. The van der Waals surface area contributed by atoms with Crippen LogP contribution < -0.4 is 10.5 Å². The Bertz CT molecular complexity index is 745. The van der Waals surface area contributed by atoms with Crippen molar-refractivity contribution >= 4 is 27.3 Å². The summed E-state index contributed by atoms with van der Waals surface area (Å²) in [6.45, 7) is 2.04. The molecule has 0 unspecified atom stereocenters. The molecular formula is C15H17ClN2O2S. The van der Waals surface area contributed by atoms with Gasteiger partial charge in [0, 0.05) is 17.3 Å². The summed E-state index contributed by atoms with van der Waals surface area (Å²) in [7, 11) is -3.56. The number of nitrogen functional groups attached to an aromatic ring is 1. The first-order chi connectivity index (χ1) is 9.88. The summed E-state index contributed by atoms with van der Waals surface area (Å²) < 4.78 is 27.1. The summed E-state index contributed by atoms with van der Waals surface area (Å²) in [5.41, 5.74) is 7.73. The van der Waals surface area contributed by atoms with E-state index in [-0.39, 0.29) is 4.90 Å². The highest BCUT2D eigenvalue weighted by Crippen LogP contribution is 2.18. The van der Waals surface area contributed by atoms with Gasteiger partial charge in [-0.15, -0.1) is 0 Å². The normalized spacial score (nSPS) is 11.5. The molecule has 21 heavy (non-hydrogen) atoms. The zero-order valence-electron chi connectivity index (χ0n) is 11.6. The Morgan fingerprint density at radius 1 is 1.19 bits per heavy atom. The summed E-state index contributed by atoms with van der Waals surface area (Å²) in [4.78, 5) is 0.216. The van der Waals surface area contributed by atoms with Crippen molar-refractivity contribution in [2.24, 2.45) is 0 Å². The molecule has 0 aliphatic rings. The van der Waals surface area contributed by atoms with Crippen molar-refractivity contribution < 1.29 is 8.42 Å². The van der Waals surface area contributed by atoms with Crippen LogP contribution in [0.15, 0.2) is 47.4 Å². The first kappa shape index (κ1) is 15.8. The lowest BCUT2D eigenvalue weighted by molar-refractivity contribution is 0.581. The predicted octanol–water partition coefficient (Wildman–Crippen LogP) is 2.75. The summed E-state index contributed by atoms with van der Waals surface area (Å²) in [5.74, 6) is 0. The van der Waals surface area contributed by atoms with Crippen molar-refractivity contribution in [3.05, 3.63) is 58.6 Å². The van der Waals surface area contributed by atoms with Crippen LogP contribution in [-0.2, 0) is 16.4 Å². The monoisotopic (exact) mass is 324 g/mol. The van der Waals surface area contributed by atoms with Crippen LogP contribution in [0.4, 0.5) is 5.69 Å². The molecule has 0 heterocycles. The molecule has 0 spiro atoms. The maximum absolute atomic E-state index is 12.3. The van der Waals surface area contributed by atoms with Gasteiger partial charge >= 0.3 is 0 Å². The van der Waals surface area contributed by atoms with Gasteiger partial charge in [-0.2, -0.15) is 0 Å². The van der Waals surface area contributed by atoms with E-state index in [1.807, 2.05) is 18.2 Å². The minimum Gasteiger partial charge on any atom is -0.399 e. The Morgan fingerprint density at radius 3 is 2.67 bits per heavy atom. The maximum atomic E-state index is 12.3. The summed E-state index contributed by atoms with van der Waals surface area (Å²) in [6, 6.07) is 12.2. The lowest BCUT2D eigenvalue weighted by Gasteiger charge is -2.10. The van der Waals surface area contributed by atoms with E-state index in [0.29, 0.717) is 29.2 Å². The number of benzene rings is 2. The smallest absolute Gasteiger partial charge is 0.240 e. The Morgan fingerprint density at radius 2 is 1.95 bits per heavy atom. The van der Waals surface area contributed by atoms with Gasteiger partial charge < -0.3 is 5.73 Å². The van der Waals surface area contributed by atoms with Crippen LogP contribution in [0.25, 0.3) is 0 Å². The van der Waals surface area contributed by atoms with Crippen molar-refractivity contribution in [3.63, 3.8) is 0 Å². The Kier molecular flexibility index (Phi) is 4.88. The van der Waals surface area contributed by atoms with E-state index >= 15 is 0 Å². The summed E-state index contributed by atoms with van der Waals surface area (Å²) in [6.07, 6.45) is 0.571. The topological polar surface area (TPSA) is 72.2 Å². The number of hydrogen-bond donors (Lipinski definition) is 2. The molecule has 112 valence electrons. The van der Waals surface area contributed by atoms with E-state index in [9.17, 15) is 8.42 Å². The third kappa shape index (κ3) is 4.20. The molecule has 0 aliphatic heterocycles. The lowest BCUT2D eigenvalue weighted by Crippen LogP contribution is -2.26.